The van der Waals surface area contributed by atoms with Gasteiger partial charge in [0.1, 0.15) is 5.82 Å². The van der Waals surface area contributed by atoms with E-state index in [0.717, 1.165) is 22.4 Å². The maximum Gasteiger partial charge on any atom is 0.123 e. The predicted octanol–water partition coefficient (Wildman–Crippen LogP) is 4.00. The highest BCUT2D eigenvalue weighted by Gasteiger charge is 2.10. The first-order valence-electron chi connectivity index (χ1n) is 7.18. The van der Waals surface area contributed by atoms with Crippen molar-refractivity contribution in [2.24, 2.45) is 0 Å². The van der Waals surface area contributed by atoms with E-state index in [0.29, 0.717) is 13.0 Å². The summed E-state index contributed by atoms with van der Waals surface area (Å²) in [4.78, 5) is 2.02. The molecule has 0 aliphatic heterocycles. The number of benzene rings is 2. The van der Waals surface area contributed by atoms with Crippen LogP contribution >= 0.6 is 0 Å². The molecule has 0 heterocycles. The molecule has 0 aromatic heterocycles. The first-order chi connectivity index (χ1) is 9.95. The van der Waals surface area contributed by atoms with Gasteiger partial charge in [-0.1, -0.05) is 29.3 Å². The molecule has 0 amide bonds. The van der Waals surface area contributed by atoms with E-state index in [1.54, 1.807) is 12.1 Å². The minimum atomic E-state index is -0.480. The molecule has 3 heteroatoms. The Morgan fingerprint density at radius 1 is 1.05 bits per heavy atom. The van der Waals surface area contributed by atoms with Gasteiger partial charge in [0, 0.05) is 19.3 Å². The molecule has 2 rings (SSSR count). The molecule has 2 aromatic rings. The minimum absolute atomic E-state index is 0.234. The van der Waals surface area contributed by atoms with Crippen LogP contribution in [0.4, 0.5) is 10.1 Å². The third kappa shape index (κ3) is 4.30. The Labute approximate surface area is 125 Å². The highest BCUT2D eigenvalue weighted by molar-refractivity contribution is 5.45. The fraction of sp³-hybridized carbons (Fsp3) is 0.333. The smallest absolute Gasteiger partial charge is 0.123 e. The summed E-state index contributed by atoms with van der Waals surface area (Å²) in [7, 11) is 1.95. The lowest BCUT2D eigenvalue weighted by molar-refractivity contribution is 0.169. The summed E-state index contributed by atoms with van der Waals surface area (Å²) in [6, 6.07) is 12.5. The van der Waals surface area contributed by atoms with E-state index < -0.39 is 6.10 Å². The topological polar surface area (TPSA) is 23.5 Å². The van der Waals surface area contributed by atoms with Crippen LogP contribution in [0.1, 0.15) is 29.2 Å². The molecular formula is C18H22FNO. The lowest BCUT2D eigenvalue weighted by Gasteiger charge is -2.21. The minimum Gasteiger partial charge on any atom is -0.388 e. The van der Waals surface area contributed by atoms with Crippen molar-refractivity contribution in [2.45, 2.75) is 26.4 Å². The highest BCUT2D eigenvalue weighted by Crippen LogP contribution is 2.21. The SMILES string of the molecule is Cc1cc(C)cc(C(O)CCN(C)c2ccc(F)cc2)c1. The van der Waals surface area contributed by atoms with E-state index in [-0.39, 0.29) is 5.82 Å². The van der Waals surface area contributed by atoms with Crippen LogP contribution in [0.5, 0.6) is 0 Å². The fourth-order valence-corrected chi connectivity index (χ4v) is 2.51. The molecule has 1 N–H and O–H groups in total. The van der Waals surface area contributed by atoms with Gasteiger partial charge in [0.25, 0.3) is 0 Å². The van der Waals surface area contributed by atoms with Gasteiger partial charge in [-0.25, -0.2) is 4.39 Å². The average molecular weight is 287 g/mol. The number of hydrogen-bond donors (Lipinski definition) is 1. The lowest BCUT2D eigenvalue weighted by atomic mass is 10.0. The van der Waals surface area contributed by atoms with Gasteiger partial charge < -0.3 is 10.0 Å². The van der Waals surface area contributed by atoms with E-state index in [1.165, 1.54) is 12.1 Å². The highest BCUT2D eigenvalue weighted by atomic mass is 19.1. The van der Waals surface area contributed by atoms with Gasteiger partial charge in [0.2, 0.25) is 0 Å². The zero-order valence-electron chi connectivity index (χ0n) is 12.8. The Balaban J connectivity index is 1.97. The molecule has 0 radical (unpaired) electrons. The second kappa shape index (κ2) is 6.72. The van der Waals surface area contributed by atoms with Crippen molar-refractivity contribution >= 4 is 5.69 Å². The quantitative estimate of drug-likeness (QED) is 0.898. The second-order valence-electron chi connectivity index (χ2n) is 5.62. The Kier molecular flexibility index (Phi) is 4.97. The summed E-state index contributed by atoms with van der Waals surface area (Å²) in [5, 5.41) is 10.3. The fourth-order valence-electron chi connectivity index (χ4n) is 2.51. The number of aliphatic hydroxyl groups excluding tert-OH is 1. The van der Waals surface area contributed by atoms with Crippen molar-refractivity contribution in [3.8, 4) is 0 Å². The number of aryl methyl sites for hydroxylation is 2. The third-order valence-electron chi connectivity index (χ3n) is 3.63. The third-order valence-corrected chi connectivity index (χ3v) is 3.63. The Hall–Kier alpha value is -1.87. The Morgan fingerprint density at radius 3 is 2.19 bits per heavy atom. The molecule has 0 saturated heterocycles. The second-order valence-corrected chi connectivity index (χ2v) is 5.62. The molecule has 112 valence electrons. The van der Waals surface area contributed by atoms with Crippen molar-refractivity contribution in [1.29, 1.82) is 0 Å². The first-order valence-corrected chi connectivity index (χ1v) is 7.18. The van der Waals surface area contributed by atoms with Crippen molar-refractivity contribution in [3.63, 3.8) is 0 Å². The van der Waals surface area contributed by atoms with E-state index in [1.807, 2.05) is 37.9 Å². The molecule has 1 atom stereocenters. The number of rotatable bonds is 5. The molecule has 0 aliphatic rings. The molecule has 0 bridgehead atoms. The molecule has 0 aliphatic carbocycles. The van der Waals surface area contributed by atoms with Crippen LogP contribution in [0.25, 0.3) is 0 Å². The van der Waals surface area contributed by atoms with Crippen molar-refractivity contribution in [2.75, 3.05) is 18.5 Å². The number of halogens is 1. The van der Waals surface area contributed by atoms with Crippen LogP contribution in [0.3, 0.4) is 0 Å². The molecule has 1 unspecified atom stereocenters. The van der Waals surface area contributed by atoms with Crippen LogP contribution in [-0.2, 0) is 0 Å². The van der Waals surface area contributed by atoms with Crippen molar-refractivity contribution < 1.29 is 9.50 Å². The zero-order chi connectivity index (χ0) is 15.4. The van der Waals surface area contributed by atoms with Crippen molar-refractivity contribution in [3.05, 3.63) is 65.0 Å². The van der Waals surface area contributed by atoms with Gasteiger partial charge in [-0.2, -0.15) is 0 Å². The van der Waals surface area contributed by atoms with Crippen LogP contribution in [0.15, 0.2) is 42.5 Å². The average Bonchev–Trinajstić information content (AvgIpc) is 2.44. The lowest BCUT2D eigenvalue weighted by Crippen LogP contribution is -2.20. The molecule has 0 spiro atoms. The molecular weight excluding hydrogens is 265 g/mol. The van der Waals surface area contributed by atoms with E-state index in [4.69, 9.17) is 0 Å². The first kappa shape index (κ1) is 15.5. The molecule has 0 fully saturated rings. The molecule has 21 heavy (non-hydrogen) atoms. The number of nitrogens with zero attached hydrogens (tertiary/aromatic N) is 1. The van der Waals surface area contributed by atoms with Gasteiger partial charge >= 0.3 is 0 Å². The molecule has 0 saturated carbocycles. The predicted molar refractivity (Wildman–Crippen MR) is 85.2 cm³/mol. The van der Waals surface area contributed by atoms with Crippen LogP contribution in [0.2, 0.25) is 0 Å². The molecule has 2 nitrogen and oxygen atoms in total. The maximum atomic E-state index is 12.9. The van der Waals surface area contributed by atoms with E-state index in [2.05, 4.69) is 6.07 Å². The van der Waals surface area contributed by atoms with E-state index in [9.17, 15) is 9.50 Å². The molecule has 2 aromatic carbocycles. The van der Waals surface area contributed by atoms with Gasteiger partial charge in [0.15, 0.2) is 0 Å². The summed E-state index contributed by atoms with van der Waals surface area (Å²) < 4.78 is 12.9. The summed E-state index contributed by atoms with van der Waals surface area (Å²) in [6.07, 6.45) is 0.156. The maximum absolute atomic E-state index is 12.9. The largest absolute Gasteiger partial charge is 0.388 e. The number of anilines is 1. The van der Waals surface area contributed by atoms with Gasteiger partial charge in [-0.15, -0.1) is 0 Å². The van der Waals surface area contributed by atoms with Gasteiger partial charge in [-0.3, -0.25) is 0 Å². The number of hydrogen-bond acceptors (Lipinski definition) is 2. The van der Waals surface area contributed by atoms with Gasteiger partial charge in [0.05, 0.1) is 6.10 Å². The summed E-state index contributed by atoms with van der Waals surface area (Å²) in [6.45, 7) is 4.78. The standard InChI is InChI=1S/C18H22FNO/c1-13-10-14(2)12-15(11-13)18(21)8-9-20(3)17-6-4-16(19)5-7-17/h4-7,10-12,18,21H,8-9H2,1-3H3. The Morgan fingerprint density at radius 2 is 1.62 bits per heavy atom. The van der Waals surface area contributed by atoms with Gasteiger partial charge in [-0.05, 0) is 50.1 Å². The zero-order valence-corrected chi connectivity index (χ0v) is 12.8. The van der Waals surface area contributed by atoms with Crippen LogP contribution in [0, 0.1) is 19.7 Å². The van der Waals surface area contributed by atoms with Crippen molar-refractivity contribution in [1.82, 2.24) is 0 Å². The summed E-state index contributed by atoms with van der Waals surface area (Å²) in [5.74, 6) is -0.234. The van der Waals surface area contributed by atoms with Crippen LogP contribution < -0.4 is 4.90 Å². The monoisotopic (exact) mass is 287 g/mol. The number of aliphatic hydroxyl groups is 1. The normalized spacial score (nSPS) is 12.2. The summed E-state index contributed by atoms with van der Waals surface area (Å²) in [5.41, 5.74) is 4.23. The summed E-state index contributed by atoms with van der Waals surface area (Å²) >= 11 is 0. The van der Waals surface area contributed by atoms with Crippen LogP contribution in [-0.4, -0.2) is 18.7 Å². The Bertz CT molecular complexity index is 574. The van der Waals surface area contributed by atoms with E-state index >= 15 is 0 Å².